The number of nitrogens with one attached hydrogen (secondary N) is 1. The Labute approximate surface area is 105 Å². The van der Waals surface area contributed by atoms with Crippen LogP contribution in [0.25, 0.3) is 0 Å². The normalized spacial score (nSPS) is 21.7. The van der Waals surface area contributed by atoms with Gasteiger partial charge in [0.2, 0.25) is 5.76 Å². The largest absolute Gasteiger partial charge is 0.475 e. The molecule has 1 aliphatic rings. The van der Waals surface area contributed by atoms with Crippen molar-refractivity contribution in [3.63, 3.8) is 0 Å². The molecule has 1 fully saturated rings. The van der Waals surface area contributed by atoms with Crippen LogP contribution in [-0.4, -0.2) is 43.5 Å². The quantitative estimate of drug-likeness (QED) is 0.818. The van der Waals surface area contributed by atoms with Crippen LogP contribution < -0.4 is 5.32 Å². The molecule has 0 amide bonds. The van der Waals surface area contributed by atoms with E-state index in [1.807, 2.05) is 6.92 Å². The highest BCUT2D eigenvalue weighted by Crippen LogP contribution is 2.16. The van der Waals surface area contributed by atoms with Crippen molar-refractivity contribution in [2.75, 3.05) is 26.4 Å². The Morgan fingerprint density at radius 1 is 1.56 bits per heavy atom. The average molecular weight is 255 g/mol. The van der Waals surface area contributed by atoms with Gasteiger partial charge in [-0.05, 0) is 19.1 Å². The number of aromatic carboxylic acids is 1. The van der Waals surface area contributed by atoms with E-state index in [-0.39, 0.29) is 17.9 Å². The molecule has 2 atom stereocenters. The molecule has 100 valence electrons. The van der Waals surface area contributed by atoms with Crippen molar-refractivity contribution in [2.24, 2.45) is 0 Å². The van der Waals surface area contributed by atoms with E-state index >= 15 is 0 Å². The number of rotatable bonds is 5. The maximum Gasteiger partial charge on any atom is 0.371 e. The van der Waals surface area contributed by atoms with Gasteiger partial charge in [0.15, 0.2) is 0 Å². The summed E-state index contributed by atoms with van der Waals surface area (Å²) in [6.45, 7) is 4.40. The molecule has 0 bridgehead atoms. The van der Waals surface area contributed by atoms with Crippen LogP contribution in [-0.2, 0) is 9.47 Å². The van der Waals surface area contributed by atoms with Gasteiger partial charge in [0.25, 0.3) is 0 Å². The van der Waals surface area contributed by atoms with Gasteiger partial charge >= 0.3 is 5.97 Å². The molecule has 2 N–H and O–H groups in total. The van der Waals surface area contributed by atoms with Gasteiger partial charge in [0.1, 0.15) is 5.76 Å². The monoisotopic (exact) mass is 255 g/mol. The van der Waals surface area contributed by atoms with Crippen molar-refractivity contribution in [2.45, 2.75) is 19.1 Å². The summed E-state index contributed by atoms with van der Waals surface area (Å²) in [6.07, 6.45) is 0.0371. The lowest BCUT2D eigenvalue weighted by Crippen LogP contribution is -2.38. The fourth-order valence-electron chi connectivity index (χ4n) is 1.76. The number of carboxylic acids is 1. The third-order valence-corrected chi connectivity index (χ3v) is 2.80. The predicted octanol–water partition coefficient (Wildman–Crippen LogP) is 1.04. The second kappa shape index (κ2) is 5.99. The van der Waals surface area contributed by atoms with Crippen LogP contribution in [0.5, 0.6) is 0 Å². The Hall–Kier alpha value is -1.37. The highest BCUT2D eigenvalue weighted by molar-refractivity contribution is 5.84. The second-order valence-corrected chi connectivity index (χ2v) is 4.20. The molecule has 0 spiro atoms. The molecule has 1 aromatic heterocycles. The number of ether oxygens (including phenoxy) is 2. The van der Waals surface area contributed by atoms with Gasteiger partial charge in [-0.3, -0.25) is 0 Å². The smallest absolute Gasteiger partial charge is 0.371 e. The number of furan rings is 1. The number of carboxylic acid groups (broad SMARTS) is 1. The molecule has 0 saturated carbocycles. The zero-order chi connectivity index (χ0) is 13.0. The van der Waals surface area contributed by atoms with Crippen molar-refractivity contribution in [1.29, 1.82) is 0 Å². The Kier molecular flexibility index (Phi) is 4.35. The second-order valence-electron chi connectivity index (χ2n) is 4.20. The van der Waals surface area contributed by atoms with Crippen LogP contribution in [0.15, 0.2) is 16.5 Å². The lowest BCUT2D eigenvalue weighted by atomic mass is 10.2. The first-order chi connectivity index (χ1) is 8.66. The Balaban J connectivity index is 1.82. The molecule has 1 saturated heterocycles. The summed E-state index contributed by atoms with van der Waals surface area (Å²) in [4.78, 5) is 10.7. The summed E-state index contributed by atoms with van der Waals surface area (Å²) in [6, 6.07) is 3.05. The summed E-state index contributed by atoms with van der Waals surface area (Å²) in [5.74, 6) is -0.502. The van der Waals surface area contributed by atoms with Gasteiger partial charge in [-0.15, -0.1) is 0 Å². The third-order valence-electron chi connectivity index (χ3n) is 2.80. The molecule has 0 radical (unpaired) electrons. The van der Waals surface area contributed by atoms with E-state index in [1.165, 1.54) is 6.07 Å². The van der Waals surface area contributed by atoms with Crippen LogP contribution in [0.4, 0.5) is 0 Å². The van der Waals surface area contributed by atoms with Crippen LogP contribution in [0, 0.1) is 0 Å². The van der Waals surface area contributed by atoms with Gasteiger partial charge in [0.05, 0.1) is 32.0 Å². The number of hydrogen-bond acceptors (Lipinski definition) is 5. The molecule has 2 unspecified atom stereocenters. The molecule has 6 heteroatoms. The molecule has 0 aromatic carbocycles. The van der Waals surface area contributed by atoms with Crippen LogP contribution in [0.3, 0.4) is 0 Å². The zero-order valence-corrected chi connectivity index (χ0v) is 10.2. The lowest BCUT2D eigenvalue weighted by molar-refractivity contribution is -0.0871. The molecule has 2 heterocycles. The van der Waals surface area contributed by atoms with Crippen LogP contribution >= 0.6 is 0 Å². The van der Waals surface area contributed by atoms with Crippen molar-refractivity contribution in [3.05, 3.63) is 23.7 Å². The summed E-state index contributed by atoms with van der Waals surface area (Å²) < 4.78 is 16.0. The van der Waals surface area contributed by atoms with E-state index in [0.29, 0.717) is 32.1 Å². The summed E-state index contributed by atoms with van der Waals surface area (Å²) >= 11 is 0. The highest BCUT2D eigenvalue weighted by Gasteiger charge is 2.18. The topological polar surface area (TPSA) is 80.9 Å². The Bertz CT molecular complexity index is 397. The first-order valence-electron chi connectivity index (χ1n) is 5.92. The maximum absolute atomic E-state index is 10.7. The van der Waals surface area contributed by atoms with Gasteiger partial charge in [-0.25, -0.2) is 4.79 Å². The third kappa shape index (κ3) is 3.32. The molecular weight excluding hydrogens is 238 g/mol. The minimum absolute atomic E-state index is 0.0371. The lowest BCUT2D eigenvalue weighted by Gasteiger charge is -2.24. The zero-order valence-electron chi connectivity index (χ0n) is 10.2. The van der Waals surface area contributed by atoms with E-state index in [0.717, 1.165) is 0 Å². The fourth-order valence-corrected chi connectivity index (χ4v) is 1.76. The van der Waals surface area contributed by atoms with Crippen molar-refractivity contribution in [3.8, 4) is 0 Å². The van der Waals surface area contributed by atoms with Gasteiger partial charge in [-0.2, -0.15) is 0 Å². The van der Waals surface area contributed by atoms with Gasteiger partial charge < -0.3 is 24.3 Å². The summed E-state index contributed by atoms with van der Waals surface area (Å²) in [7, 11) is 0. The van der Waals surface area contributed by atoms with E-state index in [9.17, 15) is 4.79 Å². The van der Waals surface area contributed by atoms with Gasteiger partial charge in [-0.1, -0.05) is 0 Å². The maximum atomic E-state index is 10.7. The van der Waals surface area contributed by atoms with E-state index < -0.39 is 5.97 Å². The van der Waals surface area contributed by atoms with Crippen LogP contribution in [0.1, 0.15) is 29.3 Å². The van der Waals surface area contributed by atoms with Crippen LogP contribution in [0.2, 0.25) is 0 Å². The average Bonchev–Trinajstić information content (AvgIpc) is 2.87. The predicted molar refractivity (Wildman–Crippen MR) is 62.6 cm³/mol. The molecule has 1 aliphatic heterocycles. The SMILES string of the molecule is CC(NCC1COCCO1)c1ccc(C(=O)O)o1. The van der Waals surface area contributed by atoms with Crippen molar-refractivity contribution < 1.29 is 23.8 Å². The minimum atomic E-state index is -1.06. The number of hydrogen-bond donors (Lipinski definition) is 2. The van der Waals surface area contributed by atoms with Gasteiger partial charge in [0, 0.05) is 6.54 Å². The van der Waals surface area contributed by atoms with Crippen molar-refractivity contribution in [1.82, 2.24) is 5.32 Å². The molecule has 6 nitrogen and oxygen atoms in total. The summed E-state index contributed by atoms with van der Waals surface area (Å²) in [5, 5.41) is 12.0. The summed E-state index contributed by atoms with van der Waals surface area (Å²) in [5.41, 5.74) is 0. The number of carbonyl (C=O) groups is 1. The van der Waals surface area contributed by atoms with Crippen molar-refractivity contribution >= 4 is 5.97 Å². The highest BCUT2D eigenvalue weighted by atomic mass is 16.6. The van der Waals surface area contributed by atoms with E-state index in [1.54, 1.807) is 6.07 Å². The first kappa shape index (κ1) is 13.1. The molecular formula is C12H17NO5. The molecule has 1 aromatic rings. The standard InChI is InChI=1S/C12H17NO5/c1-8(10-2-3-11(18-10)12(14)15)13-6-9-7-16-4-5-17-9/h2-3,8-9,13H,4-7H2,1H3,(H,14,15). The molecule has 18 heavy (non-hydrogen) atoms. The fraction of sp³-hybridized carbons (Fsp3) is 0.583. The van der Waals surface area contributed by atoms with E-state index in [2.05, 4.69) is 5.32 Å². The molecule has 0 aliphatic carbocycles. The minimum Gasteiger partial charge on any atom is -0.475 e. The Morgan fingerprint density at radius 2 is 2.39 bits per heavy atom. The Morgan fingerprint density at radius 3 is 3.00 bits per heavy atom. The first-order valence-corrected chi connectivity index (χ1v) is 5.92. The van der Waals surface area contributed by atoms with E-state index in [4.69, 9.17) is 19.0 Å². The molecule has 2 rings (SSSR count).